The van der Waals surface area contributed by atoms with Crippen LogP contribution in [0.1, 0.15) is 20.8 Å². The lowest BCUT2D eigenvalue weighted by Crippen LogP contribution is -2.61. The smallest absolute Gasteiger partial charge is 0.303 e. The van der Waals surface area contributed by atoms with Gasteiger partial charge >= 0.3 is 17.9 Å². The number of ether oxygens (including phenoxy) is 6. The van der Waals surface area contributed by atoms with E-state index >= 15 is 4.39 Å². The molecule has 0 aliphatic carbocycles. The van der Waals surface area contributed by atoms with Gasteiger partial charge in [0.05, 0.1) is 7.11 Å². The largest absolute Gasteiger partial charge is 0.497 e. The van der Waals surface area contributed by atoms with E-state index in [0.717, 1.165) is 13.8 Å². The van der Waals surface area contributed by atoms with Gasteiger partial charge in [-0.2, -0.15) is 0 Å². The molecule has 0 amide bonds. The Bertz CT molecular complexity index is 721. The summed E-state index contributed by atoms with van der Waals surface area (Å²) in [6, 6.07) is 6.28. The van der Waals surface area contributed by atoms with Gasteiger partial charge in [-0.25, -0.2) is 4.39 Å². The Kier molecular flexibility index (Phi) is 7.77. The minimum Gasteiger partial charge on any atom is -0.497 e. The maximum atomic E-state index is 15.1. The van der Waals surface area contributed by atoms with Crippen LogP contribution in [0.5, 0.6) is 11.5 Å². The minimum atomic E-state index is -1.99. The molecular formula is C19H23FO9. The fourth-order valence-corrected chi connectivity index (χ4v) is 2.75. The molecule has 1 aromatic rings. The Morgan fingerprint density at radius 2 is 1.48 bits per heavy atom. The normalized spacial score (nSPS) is 26.2. The molecule has 5 atom stereocenters. The Labute approximate surface area is 167 Å². The molecule has 29 heavy (non-hydrogen) atoms. The Morgan fingerprint density at radius 1 is 0.931 bits per heavy atom. The zero-order valence-corrected chi connectivity index (χ0v) is 16.5. The quantitative estimate of drug-likeness (QED) is 0.485. The maximum Gasteiger partial charge on any atom is 0.303 e. The fourth-order valence-electron chi connectivity index (χ4n) is 2.75. The molecule has 0 N–H and O–H groups in total. The Balaban J connectivity index is 2.27. The summed E-state index contributed by atoms with van der Waals surface area (Å²) < 4.78 is 46.4. The van der Waals surface area contributed by atoms with Gasteiger partial charge in [-0.3, -0.25) is 14.4 Å². The number of rotatable bonds is 7. The van der Waals surface area contributed by atoms with Gasteiger partial charge in [0, 0.05) is 20.8 Å². The number of carbonyl (C=O) groups is 3. The number of hydrogen-bond acceptors (Lipinski definition) is 9. The predicted octanol–water partition coefficient (Wildman–Crippen LogP) is 1.56. The monoisotopic (exact) mass is 414 g/mol. The van der Waals surface area contributed by atoms with Crippen LogP contribution in [0.2, 0.25) is 0 Å². The van der Waals surface area contributed by atoms with Crippen LogP contribution in [0.4, 0.5) is 4.39 Å². The van der Waals surface area contributed by atoms with E-state index in [4.69, 9.17) is 28.4 Å². The highest BCUT2D eigenvalue weighted by Crippen LogP contribution is 2.31. The summed E-state index contributed by atoms with van der Waals surface area (Å²) in [5.74, 6) is -1.32. The van der Waals surface area contributed by atoms with Gasteiger partial charge < -0.3 is 28.4 Å². The Morgan fingerprint density at radius 3 is 2.00 bits per heavy atom. The maximum absolute atomic E-state index is 15.1. The third-order valence-electron chi connectivity index (χ3n) is 3.94. The van der Waals surface area contributed by atoms with Crippen molar-refractivity contribution in [3.63, 3.8) is 0 Å². The van der Waals surface area contributed by atoms with Crippen molar-refractivity contribution in [3.05, 3.63) is 24.3 Å². The molecule has 1 unspecified atom stereocenters. The first-order valence-corrected chi connectivity index (χ1v) is 8.79. The number of methoxy groups -OCH3 is 1. The highest BCUT2D eigenvalue weighted by Gasteiger charge is 2.52. The lowest BCUT2D eigenvalue weighted by Gasteiger charge is -2.41. The topological polar surface area (TPSA) is 107 Å². The van der Waals surface area contributed by atoms with Gasteiger partial charge in [0.25, 0.3) is 0 Å². The highest BCUT2D eigenvalue weighted by atomic mass is 19.1. The van der Waals surface area contributed by atoms with Crippen LogP contribution in [0.25, 0.3) is 0 Å². The van der Waals surface area contributed by atoms with E-state index in [1.54, 1.807) is 12.1 Å². The van der Waals surface area contributed by atoms with E-state index in [-0.39, 0.29) is 12.4 Å². The average Bonchev–Trinajstić information content (AvgIpc) is 2.65. The Hall–Kier alpha value is -2.88. The van der Waals surface area contributed by atoms with Crippen molar-refractivity contribution >= 4 is 17.9 Å². The van der Waals surface area contributed by atoms with E-state index in [1.807, 2.05) is 0 Å². The summed E-state index contributed by atoms with van der Waals surface area (Å²) >= 11 is 0. The molecule has 1 saturated heterocycles. The third kappa shape index (κ3) is 6.31. The molecule has 160 valence electrons. The lowest BCUT2D eigenvalue weighted by atomic mass is 9.99. The van der Waals surface area contributed by atoms with Gasteiger partial charge in [-0.15, -0.1) is 0 Å². The molecule has 1 fully saturated rings. The van der Waals surface area contributed by atoms with Gasteiger partial charge in [-0.1, -0.05) is 0 Å². The molecular weight excluding hydrogens is 391 g/mol. The van der Waals surface area contributed by atoms with E-state index in [9.17, 15) is 14.4 Å². The van der Waals surface area contributed by atoms with E-state index in [1.165, 1.54) is 26.2 Å². The SMILES string of the molecule is COc1ccc(OC2O[C@H](COC(C)=O)[C@@H](OC(C)=O)[C@H](OC(C)=O)[C@H]2F)cc1. The number of benzene rings is 1. The zero-order valence-electron chi connectivity index (χ0n) is 16.5. The van der Waals surface area contributed by atoms with Gasteiger partial charge in [0.15, 0.2) is 12.2 Å². The molecule has 1 heterocycles. The summed E-state index contributed by atoms with van der Waals surface area (Å²) in [7, 11) is 1.50. The average molecular weight is 414 g/mol. The van der Waals surface area contributed by atoms with Crippen LogP contribution in [0.15, 0.2) is 24.3 Å². The first-order valence-electron chi connectivity index (χ1n) is 8.79. The molecule has 1 aliphatic heterocycles. The second-order valence-electron chi connectivity index (χ2n) is 6.23. The van der Waals surface area contributed by atoms with E-state index in [0.29, 0.717) is 5.75 Å². The van der Waals surface area contributed by atoms with Crippen LogP contribution >= 0.6 is 0 Å². The highest BCUT2D eigenvalue weighted by molar-refractivity contribution is 5.67. The fraction of sp³-hybridized carbons (Fsp3) is 0.526. The number of alkyl halides is 1. The first kappa shape index (κ1) is 22.4. The number of halogens is 1. The summed E-state index contributed by atoms with van der Waals surface area (Å²) in [6.07, 6.45) is -7.48. The molecule has 9 nitrogen and oxygen atoms in total. The molecule has 1 aromatic carbocycles. The molecule has 0 saturated carbocycles. The van der Waals surface area contributed by atoms with E-state index < -0.39 is 48.7 Å². The molecule has 2 rings (SSSR count). The summed E-state index contributed by atoms with van der Waals surface area (Å²) in [6.45, 7) is 3.02. The van der Waals surface area contributed by atoms with Crippen molar-refractivity contribution in [2.75, 3.05) is 13.7 Å². The van der Waals surface area contributed by atoms with Crippen molar-refractivity contribution in [2.24, 2.45) is 0 Å². The van der Waals surface area contributed by atoms with Crippen LogP contribution < -0.4 is 9.47 Å². The minimum absolute atomic E-state index is 0.261. The summed E-state index contributed by atoms with van der Waals surface area (Å²) in [5, 5.41) is 0. The lowest BCUT2D eigenvalue weighted by molar-refractivity contribution is -0.271. The molecule has 0 aromatic heterocycles. The summed E-state index contributed by atoms with van der Waals surface area (Å²) in [5.41, 5.74) is 0. The van der Waals surface area contributed by atoms with Crippen molar-refractivity contribution in [1.29, 1.82) is 0 Å². The third-order valence-corrected chi connectivity index (χ3v) is 3.94. The van der Waals surface area contributed by atoms with Crippen molar-refractivity contribution < 1.29 is 47.2 Å². The van der Waals surface area contributed by atoms with E-state index in [2.05, 4.69) is 0 Å². The number of esters is 3. The van der Waals surface area contributed by atoms with Crippen LogP contribution in [0, 0.1) is 0 Å². The second kappa shape index (κ2) is 10.1. The predicted molar refractivity (Wildman–Crippen MR) is 94.9 cm³/mol. The van der Waals surface area contributed by atoms with Gasteiger partial charge in [0.1, 0.15) is 24.2 Å². The van der Waals surface area contributed by atoms with Gasteiger partial charge in [-0.05, 0) is 24.3 Å². The van der Waals surface area contributed by atoms with Crippen molar-refractivity contribution in [2.45, 2.75) is 51.5 Å². The first-order chi connectivity index (χ1) is 13.7. The molecule has 0 bridgehead atoms. The zero-order chi connectivity index (χ0) is 21.6. The van der Waals surface area contributed by atoms with Crippen molar-refractivity contribution in [3.8, 4) is 11.5 Å². The van der Waals surface area contributed by atoms with Crippen molar-refractivity contribution in [1.82, 2.24) is 0 Å². The van der Waals surface area contributed by atoms with Gasteiger partial charge in [0.2, 0.25) is 12.5 Å². The standard InChI is InChI=1S/C19H23FO9/c1-10(21)25-9-15-17(26-11(2)22)18(27-12(3)23)16(20)19(29-15)28-14-7-5-13(24-4)6-8-14/h5-8,15-19H,9H2,1-4H3/t15-,16-,17-,18-,19?/m1/s1. The second-order valence-corrected chi connectivity index (χ2v) is 6.23. The molecule has 0 radical (unpaired) electrons. The van der Waals surface area contributed by atoms with Crippen LogP contribution in [-0.2, 0) is 33.3 Å². The molecule has 0 spiro atoms. The molecule has 10 heteroatoms. The summed E-state index contributed by atoms with van der Waals surface area (Å²) in [4.78, 5) is 34.1. The molecule has 1 aliphatic rings. The number of carbonyl (C=O) groups excluding carboxylic acids is 3. The number of hydrogen-bond donors (Lipinski definition) is 0. The van der Waals surface area contributed by atoms with Crippen LogP contribution in [-0.4, -0.2) is 62.4 Å². The van der Waals surface area contributed by atoms with Crippen LogP contribution in [0.3, 0.4) is 0 Å².